The fourth-order valence-corrected chi connectivity index (χ4v) is 2.87. The van der Waals surface area contributed by atoms with E-state index in [9.17, 15) is 9.59 Å². The Balaban J connectivity index is 2.10. The summed E-state index contributed by atoms with van der Waals surface area (Å²) in [5.41, 5.74) is 3.89. The lowest BCUT2D eigenvalue weighted by Gasteiger charge is -2.41. The van der Waals surface area contributed by atoms with Crippen LogP contribution >= 0.6 is 0 Å². The normalized spacial score (nSPS) is 16.7. The van der Waals surface area contributed by atoms with E-state index in [1.54, 1.807) is 11.8 Å². The maximum Gasteiger partial charge on any atom is 0.306 e. The predicted octanol–water partition coefficient (Wildman–Crippen LogP) is 2.40. The van der Waals surface area contributed by atoms with Crippen molar-refractivity contribution in [1.29, 1.82) is 0 Å². The molecule has 1 saturated heterocycles. The molecular formula is C16H21NO3. The molecule has 0 aromatic heterocycles. The highest BCUT2D eigenvalue weighted by atomic mass is 16.4. The lowest BCUT2D eigenvalue weighted by atomic mass is 9.86. The van der Waals surface area contributed by atoms with Gasteiger partial charge in [-0.15, -0.1) is 0 Å². The van der Waals surface area contributed by atoms with Gasteiger partial charge in [0.15, 0.2) is 0 Å². The molecule has 1 fully saturated rings. The van der Waals surface area contributed by atoms with Crippen LogP contribution in [0.25, 0.3) is 0 Å². The second kappa shape index (κ2) is 5.27. The summed E-state index contributed by atoms with van der Waals surface area (Å²) in [7, 11) is 0. The predicted molar refractivity (Wildman–Crippen MR) is 76.8 cm³/mol. The molecule has 1 amide bonds. The molecule has 4 nitrogen and oxygen atoms in total. The summed E-state index contributed by atoms with van der Waals surface area (Å²) in [6.45, 7) is 8.70. The highest BCUT2D eigenvalue weighted by molar-refractivity contribution is 5.97. The molecule has 4 heteroatoms. The lowest BCUT2D eigenvalue weighted by Crippen LogP contribution is -2.53. The van der Waals surface area contributed by atoms with Crippen LogP contribution in [0.5, 0.6) is 0 Å². The molecular weight excluding hydrogens is 254 g/mol. The second-order valence-electron chi connectivity index (χ2n) is 5.87. The highest BCUT2D eigenvalue weighted by Crippen LogP contribution is 2.27. The van der Waals surface area contributed by atoms with Gasteiger partial charge in [0.05, 0.1) is 5.92 Å². The maximum absolute atomic E-state index is 12.5. The van der Waals surface area contributed by atoms with E-state index < -0.39 is 5.97 Å². The van der Waals surface area contributed by atoms with Gasteiger partial charge >= 0.3 is 5.97 Å². The van der Waals surface area contributed by atoms with Crippen molar-refractivity contribution in [2.75, 3.05) is 13.1 Å². The van der Waals surface area contributed by atoms with Crippen LogP contribution in [0.3, 0.4) is 0 Å². The second-order valence-corrected chi connectivity index (χ2v) is 5.87. The third-order valence-corrected chi connectivity index (χ3v) is 4.18. The number of rotatable bonds is 3. The summed E-state index contributed by atoms with van der Waals surface area (Å²) in [4.78, 5) is 25.2. The first-order chi connectivity index (χ1) is 9.31. The standard InChI is InChI=1S/C16H21NO3/c1-9-5-10(2)14(11(3)6-9)15(18)17-7-13(8-17)12(4)16(19)20/h5-6,12-13H,7-8H2,1-4H3,(H,19,20). The number of likely N-dealkylation sites (tertiary alicyclic amines) is 1. The van der Waals surface area contributed by atoms with Crippen molar-refractivity contribution < 1.29 is 14.7 Å². The van der Waals surface area contributed by atoms with E-state index in [4.69, 9.17) is 5.11 Å². The van der Waals surface area contributed by atoms with Gasteiger partial charge in [0.1, 0.15) is 0 Å². The zero-order valence-electron chi connectivity index (χ0n) is 12.4. The van der Waals surface area contributed by atoms with E-state index in [1.807, 2.05) is 32.9 Å². The van der Waals surface area contributed by atoms with Crippen molar-refractivity contribution in [1.82, 2.24) is 4.90 Å². The molecule has 2 rings (SSSR count). The molecule has 0 saturated carbocycles. The van der Waals surface area contributed by atoms with E-state index in [2.05, 4.69) is 0 Å². The van der Waals surface area contributed by atoms with E-state index in [-0.39, 0.29) is 17.7 Å². The molecule has 1 heterocycles. The Morgan fingerprint density at radius 2 is 1.70 bits per heavy atom. The summed E-state index contributed by atoms with van der Waals surface area (Å²) >= 11 is 0. The largest absolute Gasteiger partial charge is 0.481 e. The summed E-state index contributed by atoms with van der Waals surface area (Å²) in [5.74, 6) is -1.08. The average molecular weight is 275 g/mol. The molecule has 0 bridgehead atoms. The number of hydrogen-bond acceptors (Lipinski definition) is 2. The lowest BCUT2D eigenvalue weighted by molar-refractivity contribution is -0.144. The summed E-state index contributed by atoms with van der Waals surface area (Å²) in [6.07, 6.45) is 0. The molecule has 0 radical (unpaired) electrons. The Hall–Kier alpha value is -1.84. The number of carboxylic acids is 1. The maximum atomic E-state index is 12.5. The van der Waals surface area contributed by atoms with Crippen LogP contribution in [0.4, 0.5) is 0 Å². The Morgan fingerprint density at radius 1 is 1.20 bits per heavy atom. The van der Waals surface area contributed by atoms with Gasteiger partial charge in [-0.1, -0.05) is 24.6 Å². The highest BCUT2D eigenvalue weighted by Gasteiger charge is 2.38. The van der Waals surface area contributed by atoms with Gasteiger partial charge < -0.3 is 10.0 Å². The van der Waals surface area contributed by atoms with Gasteiger partial charge in [-0.25, -0.2) is 0 Å². The first kappa shape index (κ1) is 14.6. The zero-order chi connectivity index (χ0) is 15.0. The molecule has 0 aliphatic carbocycles. The number of amides is 1. The summed E-state index contributed by atoms with van der Waals surface area (Å²) in [5, 5.41) is 8.97. The number of benzene rings is 1. The van der Waals surface area contributed by atoms with E-state index in [0.29, 0.717) is 13.1 Å². The molecule has 1 aliphatic heterocycles. The minimum atomic E-state index is -0.787. The third-order valence-electron chi connectivity index (χ3n) is 4.18. The van der Waals surface area contributed by atoms with Gasteiger partial charge in [-0.3, -0.25) is 9.59 Å². The zero-order valence-corrected chi connectivity index (χ0v) is 12.4. The third kappa shape index (κ3) is 2.55. The van der Waals surface area contributed by atoms with E-state index >= 15 is 0 Å². The molecule has 1 N–H and O–H groups in total. The number of nitrogens with zero attached hydrogens (tertiary/aromatic N) is 1. The van der Waals surface area contributed by atoms with Gasteiger partial charge in [-0.05, 0) is 31.9 Å². The molecule has 1 atom stereocenters. The van der Waals surface area contributed by atoms with Crippen molar-refractivity contribution in [3.05, 3.63) is 34.4 Å². The summed E-state index contributed by atoms with van der Waals surface area (Å²) < 4.78 is 0. The quantitative estimate of drug-likeness (QED) is 0.921. The van der Waals surface area contributed by atoms with Crippen LogP contribution in [0.15, 0.2) is 12.1 Å². The minimum absolute atomic E-state index is 0.0221. The van der Waals surface area contributed by atoms with Crippen molar-refractivity contribution in [2.24, 2.45) is 11.8 Å². The fourth-order valence-electron chi connectivity index (χ4n) is 2.87. The number of aliphatic carboxylic acids is 1. The van der Waals surface area contributed by atoms with Crippen molar-refractivity contribution in [3.63, 3.8) is 0 Å². The first-order valence-electron chi connectivity index (χ1n) is 6.91. The monoisotopic (exact) mass is 275 g/mol. The van der Waals surface area contributed by atoms with E-state index in [1.165, 1.54) is 0 Å². The Kier molecular flexibility index (Phi) is 3.84. The molecule has 20 heavy (non-hydrogen) atoms. The van der Waals surface area contributed by atoms with Crippen LogP contribution in [0.2, 0.25) is 0 Å². The van der Waals surface area contributed by atoms with E-state index in [0.717, 1.165) is 22.3 Å². The fraction of sp³-hybridized carbons (Fsp3) is 0.500. The van der Waals surface area contributed by atoms with Gasteiger partial charge in [0.2, 0.25) is 0 Å². The van der Waals surface area contributed by atoms with Crippen LogP contribution in [-0.2, 0) is 4.79 Å². The first-order valence-corrected chi connectivity index (χ1v) is 6.91. The number of carboxylic acid groups (broad SMARTS) is 1. The van der Waals surface area contributed by atoms with Crippen LogP contribution in [-0.4, -0.2) is 35.0 Å². The molecule has 1 aromatic carbocycles. The van der Waals surface area contributed by atoms with Gasteiger partial charge in [0.25, 0.3) is 5.91 Å². The molecule has 108 valence electrons. The molecule has 1 aliphatic rings. The Labute approximate surface area is 119 Å². The van der Waals surface area contributed by atoms with Crippen molar-refractivity contribution >= 4 is 11.9 Å². The smallest absolute Gasteiger partial charge is 0.306 e. The Bertz CT molecular complexity index is 536. The Morgan fingerprint density at radius 3 is 2.15 bits per heavy atom. The van der Waals surface area contributed by atoms with Gasteiger partial charge in [0, 0.05) is 24.6 Å². The number of carbonyl (C=O) groups excluding carboxylic acids is 1. The molecule has 1 aromatic rings. The van der Waals surface area contributed by atoms with Crippen molar-refractivity contribution in [3.8, 4) is 0 Å². The number of aryl methyl sites for hydroxylation is 3. The van der Waals surface area contributed by atoms with Crippen molar-refractivity contribution in [2.45, 2.75) is 27.7 Å². The van der Waals surface area contributed by atoms with Gasteiger partial charge in [-0.2, -0.15) is 0 Å². The van der Waals surface area contributed by atoms with Crippen LogP contribution < -0.4 is 0 Å². The number of carbonyl (C=O) groups is 2. The molecule has 1 unspecified atom stereocenters. The van der Waals surface area contributed by atoms with Crippen LogP contribution in [0, 0.1) is 32.6 Å². The average Bonchev–Trinajstić information content (AvgIpc) is 2.24. The minimum Gasteiger partial charge on any atom is -0.481 e. The SMILES string of the molecule is Cc1cc(C)c(C(=O)N2CC(C(C)C(=O)O)C2)c(C)c1. The topological polar surface area (TPSA) is 57.6 Å². The molecule has 0 spiro atoms. The van der Waals surface area contributed by atoms with Crippen LogP contribution in [0.1, 0.15) is 34.0 Å². The number of hydrogen-bond donors (Lipinski definition) is 1. The summed E-state index contributed by atoms with van der Waals surface area (Å²) in [6, 6.07) is 4.02.